The van der Waals surface area contributed by atoms with Crippen LogP contribution in [0.1, 0.15) is 25.9 Å². The second kappa shape index (κ2) is 6.49. The highest BCUT2D eigenvalue weighted by atomic mass is 32.2. The van der Waals surface area contributed by atoms with E-state index in [1.54, 1.807) is 18.3 Å². The zero-order valence-corrected chi connectivity index (χ0v) is 12.1. The van der Waals surface area contributed by atoms with E-state index in [0.29, 0.717) is 15.6 Å². The molecule has 0 bridgehead atoms. The van der Waals surface area contributed by atoms with Gasteiger partial charge in [-0.15, -0.1) is 23.1 Å². The molecule has 0 fully saturated rings. The average molecular weight is 309 g/mol. The highest BCUT2D eigenvalue weighted by molar-refractivity contribution is 7.98. The van der Waals surface area contributed by atoms with Crippen LogP contribution in [0.4, 0.5) is 0 Å². The normalized spacial score (nSPS) is 10.2. The van der Waals surface area contributed by atoms with E-state index in [1.807, 2.05) is 6.26 Å². The van der Waals surface area contributed by atoms with Crippen LogP contribution in [0.5, 0.6) is 0 Å². The lowest BCUT2D eigenvalue weighted by Gasteiger charge is -2.06. The Morgan fingerprint density at radius 2 is 2.30 bits per heavy atom. The van der Waals surface area contributed by atoms with Gasteiger partial charge in [0.2, 0.25) is 0 Å². The number of thioether (sulfide) groups is 1. The van der Waals surface area contributed by atoms with E-state index in [4.69, 9.17) is 5.11 Å². The Kier molecular flexibility index (Phi) is 4.70. The molecule has 0 unspecified atom stereocenters. The molecule has 2 rings (SSSR count). The Hall–Kier alpha value is -1.93. The molecule has 0 radical (unpaired) electrons. The number of carboxylic acid groups (broad SMARTS) is 1. The first-order valence-corrected chi connectivity index (χ1v) is 7.67. The smallest absolute Gasteiger partial charge is 0.355 e. The van der Waals surface area contributed by atoms with Crippen molar-refractivity contribution in [3.8, 4) is 0 Å². The number of nitrogens with zero attached hydrogens (tertiary/aromatic N) is 2. The summed E-state index contributed by atoms with van der Waals surface area (Å²) in [5.41, 5.74) is 0.487. The number of aromatic carboxylic acids is 1. The lowest BCUT2D eigenvalue weighted by Crippen LogP contribution is -2.23. The number of aromatic nitrogens is 2. The first-order chi connectivity index (χ1) is 9.61. The Bertz CT molecular complexity index is 642. The summed E-state index contributed by atoms with van der Waals surface area (Å²) in [6.45, 7) is 0.194. The molecule has 0 aromatic carbocycles. The van der Waals surface area contributed by atoms with Crippen molar-refractivity contribution in [2.45, 2.75) is 11.6 Å². The Morgan fingerprint density at radius 3 is 2.95 bits per heavy atom. The second-order valence-electron chi connectivity index (χ2n) is 3.67. The number of carbonyl (C=O) groups is 2. The summed E-state index contributed by atoms with van der Waals surface area (Å²) in [6.07, 6.45) is 3.47. The topological polar surface area (TPSA) is 92.2 Å². The zero-order chi connectivity index (χ0) is 14.5. The lowest BCUT2D eigenvalue weighted by atomic mass is 10.2. The molecule has 2 N–H and O–H groups in total. The van der Waals surface area contributed by atoms with Crippen molar-refractivity contribution in [1.29, 1.82) is 0 Å². The third kappa shape index (κ3) is 3.34. The first kappa shape index (κ1) is 14.5. The molecule has 2 aromatic heterocycles. The van der Waals surface area contributed by atoms with E-state index in [-0.39, 0.29) is 18.1 Å². The predicted molar refractivity (Wildman–Crippen MR) is 76.3 cm³/mol. The van der Waals surface area contributed by atoms with Gasteiger partial charge < -0.3 is 10.4 Å². The third-order valence-electron chi connectivity index (χ3n) is 2.38. The molecule has 20 heavy (non-hydrogen) atoms. The minimum absolute atomic E-state index is 0.00886. The summed E-state index contributed by atoms with van der Waals surface area (Å²) in [5.74, 6) is -1.33. The molecule has 0 aliphatic heterocycles. The van der Waals surface area contributed by atoms with Crippen LogP contribution in [0.25, 0.3) is 0 Å². The minimum atomic E-state index is -1.07. The molecule has 0 saturated carbocycles. The monoisotopic (exact) mass is 309 g/mol. The van der Waals surface area contributed by atoms with Gasteiger partial charge in [0.05, 0.1) is 12.1 Å². The van der Waals surface area contributed by atoms with Gasteiger partial charge >= 0.3 is 5.97 Å². The molecule has 0 atom stereocenters. The largest absolute Gasteiger partial charge is 0.476 e. The maximum absolute atomic E-state index is 12.0. The van der Waals surface area contributed by atoms with Crippen molar-refractivity contribution >= 4 is 35.0 Å². The molecule has 0 aliphatic carbocycles. The summed E-state index contributed by atoms with van der Waals surface area (Å²) >= 11 is 2.59. The summed E-state index contributed by atoms with van der Waals surface area (Å²) < 4.78 is 0. The number of carbonyl (C=O) groups excluding carboxylic acids is 1. The van der Waals surface area contributed by atoms with Gasteiger partial charge in [-0.3, -0.25) is 4.79 Å². The molecule has 6 nitrogen and oxygen atoms in total. The van der Waals surface area contributed by atoms with E-state index in [1.165, 1.54) is 28.5 Å². The number of hydrogen-bond donors (Lipinski definition) is 2. The molecule has 0 aliphatic rings. The molecule has 0 saturated heterocycles. The van der Waals surface area contributed by atoms with Crippen LogP contribution in [0.15, 0.2) is 28.7 Å². The number of pyridine rings is 1. The van der Waals surface area contributed by atoms with Gasteiger partial charge in [0.1, 0.15) is 10.0 Å². The lowest BCUT2D eigenvalue weighted by molar-refractivity contribution is 0.0691. The van der Waals surface area contributed by atoms with Crippen molar-refractivity contribution in [1.82, 2.24) is 15.3 Å². The molecular formula is C12H11N3O3S2. The van der Waals surface area contributed by atoms with E-state index >= 15 is 0 Å². The number of nitrogens with one attached hydrogen (secondary N) is 1. The quantitative estimate of drug-likeness (QED) is 0.819. The summed E-state index contributed by atoms with van der Waals surface area (Å²) in [4.78, 5) is 30.8. The van der Waals surface area contributed by atoms with Crippen LogP contribution >= 0.6 is 23.1 Å². The Balaban J connectivity index is 2.03. The third-order valence-corrected chi connectivity index (χ3v) is 3.94. The van der Waals surface area contributed by atoms with E-state index in [9.17, 15) is 9.59 Å². The van der Waals surface area contributed by atoms with Crippen LogP contribution in [0, 0.1) is 0 Å². The molecule has 0 spiro atoms. The van der Waals surface area contributed by atoms with E-state index < -0.39 is 5.97 Å². The number of amides is 1. The molecule has 8 heteroatoms. The van der Waals surface area contributed by atoms with Gasteiger partial charge in [-0.1, -0.05) is 0 Å². The van der Waals surface area contributed by atoms with Crippen LogP contribution in [-0.2, 0) is 6.54 Å². The van der Waals surface area contributed by atoms with Crippen LogP contribution in [0.3, 0.4) is 0 Å². The van der Waals surface area contributed by atoms with Gasteiger partial charge in [-0.25, -0.2) is 14.8 Å². The Labute approximate surface area is 123 Å². The second-order valence-corrected chi connectivity index (χ2v) is 5.41. The minimum Gasteiger partial charge on any atom is -0.476 e. The summed E-state index contributed by atoms with van der Waals surface area (Å²) in [7, 11) is 0. The Morgan fingerprint density at radius 1 is 1.50 bits per heavy atom. The maximum atomic E-state index is 12.0. The molecular weight excluding hydrogens is 298 g/mol. The average Bonchev–Trinajstić information content (AvgIpc) is 2.94. The van der Waals surface area contributed by atoms with Gasteiger partial charge in [-0.2, -0.15) is 0 Å². The molecule has 1 amide bonds. The van der Waals surface area contributed by atoms with Crippen LogP contribution in [-0.4, -0.2) is 33.2 Å². The van der Waals surface area contributed by atoms with Crippen molar-refractivity contribution in [2.75, 3.05) is 6.26 Å². The highest BCUT2D eigenvalue weighted by Crippen LogP contribution is 2.17. The fraction of sp³-hybridized carbons (Fsp3) is 0.167. The number of hydrogen-bond acceptors (Lipinski definition) is 6. The zero-order valence-electron chi connectivity index (χ0n) is 10.5. The van der Waals surface area contributed by atoms with Gasteiger partial charge in [0, 0.05) is 11.6 Å². The summed E-state index contributed by atoms with van der Waals surface area (Å²) in [5, 5.41) is 14.1. The molecule has 2 heterocycles. The van der Waals surface area contributed by atoms with Gasteiger partial charge in [0.25, 0.3) is 5.91 Å². The fourth-order valence-electron chi connectivity index (χ4n) is 1.47. The standard InChI is InChI=1S/C12H11N3O3S2/c1-19-11-7(3-2-4-13-11)10(16)14-5-9-15-8(6-20-9)12(17)18/h2-4,6H,5H2,1H3,(H,14,16)(H,17,18). The predicted octanol–water partition coefficient (Wildman–Crippen LogP) is 1.89. The van der Waals surface area contributed by atoms with Crippen molar-refractivity contribution in [3.05, 3.63) is 40.0 Å². The van der Waals surface area contributed by atoms with Gasteiger partial charge in [0.15, 0.2) is 5.69 Å². The first-order valence-electron chi connectivity index (χ1n) is 5.56. The number of rotatable bonds is 5. The highest BCUT2D eigenvalue weighted by Gasteiger charge is 2.13. The van der Waals surface area contributed by atoms with Crippen molar-refractivity contribution < 1.29 is 14.7 Å². The van der Waals surface area contributed by atoms with Gasteiger partial charge in [-0.05, 0) is 18.4 Å². The SMILES string of the molecule is CSc1ncccc1C(=O)NCc1nc(C(=O)O)cs1. The number of carboxylic acids is 1. The molecule has 104 valence electrons. The number of thiazole rings is 1. The van der Waals surface area contributed by atoms with Crippen LogP contribution in [0.2, 0.25) is 0 Å². The summed E-state index contributed by atoms with van der Waals surface area (Å²) in [6, 6.07) is 3.39. The maximum Gasteiger partial charge on any atom is 0.355 e. The van der Waals surface area contributed by atoms with E-state index in [0.717, 1.165) is 0 Å². The van der Waals surface area contributed by atoms with E-state index in [2.05, 4.69) is 15.3 Å². The molecule has 2 aromatic rings. The van der Waals surface area contributed by atoms with Crippen molar-refractivity contribution in [3.63, 3.8) is 0 Å². The fourth-order valence-corrected chi connectivity index (χ4v) is 2.72. The van der Waals surface area contributed by atoms with Crippen molar-refractivity contribution in [2.24, 2.45) is 0 Å². The van der Waals surface area contributed by atoms with Crippen LogP contribution < -0.4 is 5.32 Å².